The molecule has 0 saturated carbocycles. The third kappa shape index (κ3) is 1.77. The van der Waals surface area contributed by atoms with Gasteiger partial charge in [-0.2, -0.15) is 26.3 Å². The highest BCUT2D eigenvalue weighted by Crippen LogP contribution is 2.47. The van der Waals surface area contributed by atoms with E-state index in [0.29, 0.717) is 0 Å². The maximum absolute atomic E-state index is 11.9. The molecule has 0 bridgehead atoms. The molecule has 1 N–H and O–H groups in total. The Morgan fingerprint density at radius 3 is 1.15 bits per heavy atom. The first-order valence-corrected chi connectivity index (χ1v) is 2.65. The maximum Gasteiger partial charge on any atom is 0.432 e. The van der Waals surface area contributed by atoms with Crippen LogP contribution in [0.15, 0.2) is 12.4 Å². The van der Waals surface area contributed by atoms with Gasteiger partial charge >= 0.3 is 18.0 Å². The monoisotopic (exact) mass is 212 g/mol. The summed E-state index contributed by atoms with van der Waals surface area (Å²) in [4.78, 5) is 0. The molecule has 0 aliphatic carbocycles. The van der Waals surface area contributed by atoms with Crippen molar-refractivity contribution in [1.29, 1.82) is 0 Å². The molecule has 0 amide bonds. The Bertz CT molecular complexity index is 198. The SMILES string of the molecule is C=C(F)C(O)(C(F)(F)F)C(F)(F)F. The van der Waals surface area contributed by atoms with Crippen molar-refractivity contribution in [2.75, 3.05) is 0 Å². The lowest BCUT2D eigenvalue weighted by Gasteiger charge is -2.30. The van der Waals surface area contributed by atoms with E-state index in [-0.39, 0.29) is 0 Å². The lowest BCUT2D eigenvalue weighted by atomic mass is 10.0. The average molecular weight is 212 g/mol. The molecule has 0 spiro atoms. The van der Waals surface area contributed by atoms with Crippen LogP contribution in [0.5, 0.6) is 0 Å². The number of aliphatic hydroxyl groups is 1. The van der Waals surface area contributed by atoms with Gasteiger partial charge in [0.15, 0.2) is 0 Å². The van der Waals surface area contributed by atoms with Crippen molar-refractivity contribution in [3.63, 3.8) is 0 Å². The van der Waals surface area contributed by atoms with E-state index in [1.54, 1.807) is 6.58 Å². The Morgan fingerprint density at radius 1 is 0.923 bits per heavy atom. The zero-order valence-corrected chi connectivity index (χ0v) is 5.80. The number of rotatable bonds is 1. The molecular formula is C5H3F7O. The molecule has 0 aromatic heterocycles. The molecule has 0 aromatic carbocycles. The first-order chi connectivity index (χ1) is 5.44. The predicted molar refractivity (Wildman–Crippen MR) is 27.3 cm³/mol. The molecule has 0 saturated heterocycles. The second-order valence-corrected chi connectivity index (χ2v) is 2.11. The first kappa shape index (κ1) is 12.2. The van der Waals surface area contributed by atoms with E-state index < -0.39 is 23.8 Å². The van der Waals surface area contributed by atoms with Gasteiger partial charge in [0.2, 0.25) is 0 Å². The Labute approximate surface area is 67.5 Å². The quantitative estimate of drug-likeness (QED) is 0.661. The lowest BCUT2D eigenvalue weighted by molar-refractivity contribution is -0.356. The summed E-state index contributed by atoms with van der Waals surface area (Å²) < 4.78 is 81.3. The summed E-state index contributed by atoms with van der Waals surface area (Å²) in [6.07, 6.45) is -12.4. The molecule has 8 heteroatoms. The van der Waals surface area contributed by atoms with Crippen LogP contribution >= 0.6 is 0 Å². The van der Waals surface area contributed by atoms with Crippen molar-refractivity contribution in [1.82, 2.24) is 0 Å². The highest BCUT2D eigenvalue weighted by Gasteiger charge is 2.73. The largest absolute Gasteiger partial charge is 0.432 e. The third-order valence-corrected chi connectivity index (χ3v) is 1.21. The minimum atomic E-state index is -6.18. The zero-order chi connectivity index (χ0) is 11.1. The van der Waals surface area contributed by atoms with Crippen molar-refractivity contribution in [2.24, 2.45) is 0 Å². The number of hydrogen-bond acceptors (Lipinski definition) is 1. The summed E-state index contributed by atoms with van der Waals surface area (Å²) in [6.45, 7) is 1.80. The molecule has 0 unspecified atom stereocenters. The van der Waals surface area contributed by atoms with Crippen LogP contribution in [0.2, 0.25) is 0 Å². The second-order valence-electron chi connectivity index (χ2n) is 2.11. The lowest BCUT2D eigenvalue weighted by Crippen LogP contribution is -2.57. The standard InChI is InChI=1S/C5H3F7O/c1-2(6)3(13,4(7,8)9)5(10,11)12/h13H,1H2. The van der Waals surface area contributed by atoms with E-state index in [0.717, 1.165) is 0 Å². The van der Waals surface area contributed by atoms with E-state index >= 15 is 0 Å². The van der Waals surface area contributed by atoms with E-state index in [1.807, 2.05) is 0 Å². The van der Waals surface area contributed by atoms with Gasteiger partial charge in [0.1, 0.15) is 5.83 Å². The summed E-state index contributed by atoms with van der Waals surface area (Å²) in [6, 6.07) is 0. The molecule has 13 heavy (non-hydrogen) atoms. The summed E-state index contributed by atoms with van der Waals surface area (Å²) in [5.41, 5.74) is -5.49. The van der Waals surface area contributed by atoms with Crippen LogP contribution in [0.25, 0.3) is 0 Å². The fourth-order valence-corrected chi connectivity index (χ4v) is 0.468. The molecule has 0 atom stereocenters. The van der Waals surface area contributed by atoms with Gasteiger partial charge < -0.3 is 5.11 Å². The highest BCUT2D eigenvalue weighted by atomic mass is 19.4. The Balaban J connectivity index is 5.35. The van der Waals surface area contributed by atoms with Crippen LogP contribution in [0.1, 0.15) is 0 Å². The van der Waals surface area contributed by atoms with Crippen LogP contribution in [-0.4, -0.2) is 23.1 Å². The van der Waals surface area contributed by atoms with E-state index in [4.69, 9.17) is 5.11 Å². The normalized spacial score (nSPS) is 14.5. The van der Waals surface area contributed by atoms with Crippen LogP contribution in [0.4, 0.5) is 30.7 Å². The van der Waals surface area contributed by atoms with Gasteiger partial charge in [-0.3, -0.25) is 0 Å². The molecule has 0 heterocycles. The molecule has 0 fully saturated rings. The fraction of sp³-hybridized carbons (Fsp3) is 0.600. The molecule has 78 valence electrons. The Hall–Kier alpha value is -0.790. The average Bonchev–Trinajstić information content (AvgIpc) is 1.80. The Morgan fingerprint density at radius 2 is 1.15 bits per heavy atom. The summed E-state index contributed by atoms with van der Waals surface area (Å²) in [7, 11) is 0. The van der Waals surface area contributed by atoms with Crippen molar-refractivity contribution in [3.8, 4) is 0 Å². The third-order valence-electron chi connectivity index (χ3n) is 1.21. The van der Waals surface area contributed by atoms with Crippen LogP contribution < -0.4 is 0 Å². The highest BCUT2D eigenvalue weighted by molar-refractivity contribution is 5.13. The van der Waals surface area contributed by atoms with Crippen molar-refractivity contribution in [3.05, 3.63) is 12.4 Å². The van der Waals surface area contributed by atoms with E-state index in [9.17, 15) is 30.7 Å². The molecular weight excluding hydrogens is 209 g/mol. The van der Waals surface area contributed by atoms with Crippen molar-refractivity contribution >= 4 is 0 Å². The topological polar surface area (TPSA) is 20.2 Å². The zero-order valence-electron chi connectivity index (χ0n) is 5.80. The van der Waals surface area contributed by atoms with Gasteiger partial charge in [0.05, 0.1) is 0 Å². The van der Waals surface area contributed by atoms with Crippen LogP contribution in [0, 0.1) is 0 Å². The first-order valence-electron chi connectivity index (χ1n) is 2.65. The maximum atomic E-state index is 11.9. The van der Waals surface area contributed by atoms with Crippen molar-refractivity contribution < 1.29 is 35.8 Å². The second kappa shape index (κ2) is 2.86. The van der Waals surface area contributed by atoms with Crippen LogP contribution in [-0.2, 0) is 0 Å². The molecule has 0 radical (unpaired) electrons. The van der Waals surface area contributed by atoms with Gasteiger partial charge in [-0.15, -0.1) is 0 Å². The number of hydrogen-bond donors (Lipinski definition) is 1. The number of halogens is 7. The van der Waals surface area contributed by atoms with E-state index in [1.165, 1.54) is 0 Å². The van der Waals surface area contributed by atoms with Gasteiger partial charge in [-0.25, -0.2) is 4.39 Å². The number of alkyl halides is 6. The van der Waals surface area contributed by atoms with Gasteiger partial charge in [-0.05, 0) is 0 Å². The summed E-state index contributed by atoms with van der Waals surface area (Å²) in [5.74, 6) is -2.91. The molecule has 0 aliphatic rings. The minimum absolute atomic E-state index is 1.80. The fourth-order valence-electron chi connectivity index (χ4n) is 0.468. The Kier molecular flexibility index (Phi) is 2.69. The van der Waals surface area contributed by atoms with Gasteiger partial charge in [-0.1, -0.05) is 6.58 Å². The van der Waals surface area contributed by atoms with Gasteiger partial charge in [0, 0.05) is 0 Å². The van der Waals surface area contributed by atoms with Crippen LogP contribution in [0.3, 0.4) is 0 Å². The molecule has 0 aliphatic heterocycles. The molecule has 0 aromatic rings. The minimum Gasteiger partial charge on any atom is -0.368 e. The molecule has 1 nitrogen and oxygen atoms in total. The predicted octanol–water partition coefficient (Wildman–Crippen LogP) is 2.33. The summed E-state index contributed by atoms with van der Waals surface area (Å²) in [5, 5.41) is 8.04. The van der Waals surface area contributed by atoms with Gasteiger partial charge in [0.25, 0.3) is 0 Å². The van der Waals surface area contributed by atoms with E-state index in [2.05, 4.69) is 0 Å². The van der Waals surface area contributed by atoms with Crippen molar-refractivity contribution in [2.45, 2.75) is 18.0 Å². The molecule has 0 rings (SSSR count). The summed E-state index contributed by atoms with van der Waals surface area (Å²) >= 11 is 0. The smallest absolute Gasteiger partial charge is 0.368 e.